The molecule has 0 aliphatic carbocycles. The van der Waals surface area contributed by atoms with Crippen LogP contribution in [-0.2, 0) is 29.5 Å². The van der Waals surface area contributed by atoms with Gasteiger partial charge in [-0.25, -0.2) is 9.29 Å². The summed E-state index contributed by atoms with van der Waals surface area (Å²) in [5, 5.41) is 9.75. The van der Waals surface area contributed by atoms with Crippen molar-refractivity contribution in [2.45, 2.75) is 12.1 Å². The van der Waals surface area contributed by atoms with Crippen molar-refractivity contribution in [2.24, 2.45) is 5.16 Å². The Kier molecular flexibility index (Phi) is 7.16. The zero-order chi connectivity index (χ0) is 21.1. The molecular formula is C12H13Cl2N5O7S2. The lowest BCUT2D eigenvalue weighted by atomic mass is 10.0. The van der Waals surface area contributed by atoms with Crippen molar-refractivity contribution in [3.63, 3.8) is 0 Å². The van der Waals surface area contributed by atoms with E-state index in [0.717, 1.165) is 11.3 Å². The summed E-state index contributed by atoms with van der Waals surface area (Å²) in [7, 11) is -3.63. The van der Waals surface area contributed by atoms with E-state index in [0.29, 0.717) is 0 Å². The van der Waals surface area contributed by atoms with Gasteiger partial charge in [0.15, 0.2) is 10.8 Å². The fourth-order valence-electron chi connectivity index (χ4n) is 2.21. The van der Waals surface area contributed by atoms with Crippen molar-refractivity contribution in [3.8, 4) is 0 Å². The number of β-lactam (4-membered cyclic amide) rings is 1. The normalized spacial score (nSPS) is 19.8. The number of alkyl halides is 2. The van der Waals surface area contributed by atoms with Crippen LogP contribution in [0, 0.1) is 0 Å². The number of halogens is 2. The van der Waals surface area contributed by atoms with Crippen LogP contribution in [0.15, 0.2) is 10.5 Å². The molecule has 1 saturated heterocycles. The molecule has 16 heteroatoms. The van der Waals surface area contributed by atoms with Gasteiger partial charge in [-0.05, 0) is 0 Å². The highest BCUT2D eigenvalue weighted by molar-refractivity contribution is 7.84. The summed E-state index contributed by atoms with van der Waals surface area (Å²) < 4.78 is 31.6. The van der Waals surface area contributed by atoms with Crippen LogP contribution in [0.4, 0.5) is 5.13 Å². The van der Waals surface area contributed by atoms with Gasteiger partial charge in [-0.2, -0.15) is 8.42 Å². The Morgan fingerprint density at radius 3 is 2.68 bits per heavy atom. The molecule has 0 aromatic carbocycles. The van der Waals surface area contributed by atoms with Crippen LogP contribution in [-0.4, -0.2) is 76.6 Å². The molecule has 0 unspecified atom stereocenters. The minimum absolute atomic E-state index is 0.0232. The van der Waals surface area contributed by atoms with Crippen LogP contribution >= 0.6 is 34.5 Å². The van der Waals surface area contributed by atoms with Crippen LogP contribution < -0.4 is 10.6 Å². The molecule has 1 fully saturated rings. The largest absolute Gasteiger partial charge is 0.398 e. The van der Waals surface area contributed by atoms with E-state index in [1.165, 1.54) is 12.5 Å². The molecule has 0 saturated carbocycles. The van der Waals surface area contributed by atoms with Crippen molar-refractivity contribution in [1.29, 1.82) is 0 Å². The van der Waals surface area contributed by atoms with Crippen molar-refractivity contribution >= 4 is 73.4 Å². The van der Waals surface area contributed by atoms with Crippen LogP contribution in [0.25, 0.3) is 0 Å². The van der Waals surface area contributed by atoms with Gasteiger partial charge in [0.05, 0.1) is 6.04 Å². The maximum atomic E-state index is 12.5. The van der Waals surface area contributed by atoms with Gasteiger partial charge in [-0.15, -0.1) is 34.5 Å². The molecule has 2 heterocycles. The summed E-state index contributed by atoms with van der Waals surface area (Å²) >= 11 is 12.0. The number of thiazole rings is 1. The maximum Gasteiger partial charge on any atom is 0.362 e. The van der Waals surface area contributed by atoms with E-state index in [4.69, 9.17) is 27.8 Å². The van der Waals surface area contributed by atoms with Gasteiger partial charge >= 0.3 is 10.3 Å². The smallest absolute Gasteiger partial charge is 0.362 e. The molecule has 3 N–H and O–H groups in total. The lowest BCUT2D eigenvalue weighted by Gasteiger charge is -2.43. The van der Waals surface area contributed by atoms with Gasteiger partial charge < -0.3 is 15.5 Å². The Hall–Kier alpha value is -2.00. The van der Waals surface area contributed by atoms with E-state index in [2.05, 4.69) is 25.6 Å². The molecule has 0 radical (unpaired) electrons. The first-order valence-electron chi connectivity index (χ1n) is 7.24. The summed E-state index contributed by atoms with van der Waals surface area (Å²) in [6.07, 6.45) is 0. The van der Waals surface area contributed by atoms with Gasteiger partial charge in [-0.3, -0.25) is 18.9 Å². The molecule has 0 bridgehead atoms. The molecule has 1 aromatic rings. The second-order valence-electron chi connectivity index (χ2n) is 5.13. The first kappa shape index (κ1) is 22.3. The van der Waals surface area contributed by atoms with Gasteiger partial charge in [0.1, 0.15) is 24.7 Å². The first-order chi connectivity index (χ1) is 13.1. The molecule has 1 aromatic heterocycles. The summed E-state index contributed by atoms with van der Waals surface area (Å²) in [6.45, 7) is 0. The van der Waals surface area contributed by atoms with Gasteiger partial charge in [0.2, 0.25) is 5.91 Å². The van der Waals surface area contributed by atoms with E-state index >= 15 is 0 Å². The van der Waals surface area contributed by atoms with Crippen LogP contribution in [0.2, 0.25) is 0 Å². The summed E-state index contributed by atoms with van der Waals surface area (Å²) in [5.41, 5.74) is -0.313. The fourth-order valence-corrected chi connectivity index (χ4v) is 4.27. The average Bonchev–Trinajstić information content (AvgIpc) is 3.08. The lowest BCUT2D eigenvalue weighted by Crippen LogP contribution is -2.73. The SMILES string of the molecule is CON=C(C(=O)N[C@H]1C(=O)N(S(=O)(=O)O)[C@H]1CCl)c1csc(NC(=O)CCl)n1. The number of nitrogens with one attached hydrogen (secondary N) is 2. The predicted octanol–water partition coefficient (Wildman–Crippen LogP) is -0.592. The van der Waals surface area contributed by atoms with Crippen molar-refractivity contribution < 1.29 is 32.2 Å². The number of carbonyl (C=O) groups excluding carboxylic acids is 3. The minimum atomic E-state index is -4.81. The molecule has 2 rings (SSSR count). The van der Waals surface area contributed by atoms with Gasteiger partial charge in [0, 0.05) is 11.3 Å². The summed E-state index contributed by atoms with van der Waals surface area (Å²) in [6, 6.07) is -2.48. The van der Waals surface area contributed by atoms with Gasteiger partial charge in [-0.1, -0.05) is 5.16 Å². The minimum Gasteiger partial charge on any atom is -0.398 e. The number of amides is 3. The Morgan fingerprint density at radius 2 is 2.14 bits per heavy atom. The average molecular weight is 474 g/mol. The highest BCUT2D eigenvalue weighted by Gasteiger charge is 2.53. The molecule has 28 heavy (non-hydrogen) atoms. The van der Waals surface area contributed by atoms with E-state index in [1.54, 1.807) is 0 Å². The number of carbonyl (C=O) groups is 3. The zero-order valence-electron chi connectivity index (χ0n) is 14.0. The van der Waals surface area contributed by atoms with Crippen molar-refractivity contribution in [3.05, 3.63) is 11.1 Å². The van der Waals surface area contributed by atoms with Gasteiger partial charge in [0.25, 0.3) is 11.8 Å². The zero-order valence-corrected chi connectivity index (χ0v) is 17.1. The van der Waals surface area contributed by atoms with E-state index < -0.39 is 40.1 Å². The van der Waals surface area contributed by atoms with E-state index in [1.807, 2.05) is 0 Å². The van der Waals surface area contributed by atoms with Crippen LogP contribution in [0.3, 0.4) is 0 Å². The predicted molar refractivity (Wildman–Crippen MR) is 99.8 cm³/mol. The van der Waals surface area contributed by atoms with E-state index in [-0.39, 0.29) is 32.6 Å². The quantitative estimate of drug-likeness (QED) is 0.148. The molecule has 2 atom stereocenters. The second-order valence-corrected chi connectivity index (χ2v) is 7.85. The van der Waals surface area contributed by atoms with Crippen molar-refractivity contribution in [1.82, 2.24) is 14.6 Å². The molecule has 3 amide bonds. The molecule has 154 valence electrons. The number of hydrogen-bond acceptors (Lipinski definition) is 9. The molecule has 1 aliphatic rings. The Bertz CT molecular complexity index is 919. The molecule has 0 spiro atoms. The Morgan fingerprint density at radius 1 is 1.46 bits per heavy atom. The fraction of sp³-hybridized carbons (Fsp3) is 0.417. The lowest BCUT2D eigenvalue weighted by molar-refractivity contribution is -0.143. The summed E-state index contributed by atoms with van der Waals surface area (Å²) in [4.78, 5) is 44.4. The first-order valence-corrected chi connectivity index (χ1v) is 10.6. The third-order valence-electron chi connectivity index (χ3n) is 3.37. The monoisotopic (exact) mass is 473 g/mol. The number of anilines is 1. The highest BCUT2D eigenvalue weighted by Crippen LogP contribution is 2.25. The molecule has 1 aliphatic heterocycles. The summed E-state index contributed by atoms with van der Waals surface area (Å²) in [5.74, 6) is -3.13. The van der Waals surface area contributed by atoms with Crippen molar-refractivity contribution in [2.75, 3.05) is 24.2 Å². The molecular weight excluding hydrogens is 461 g/mol. The highest BCUT2D eigenvalue weighted by atomic mass is 35.5. The Balaban J connectivity index is 2.17. The van der Waals surface area contributed by atoms with Crippen LogP contribution in [0.1, 0.15) is 5.69 Å². The number of aromatic nitrogens is 1. The number of oxime groups is 1. The van der Waals surface area contributed by atoms with Crippen LogP contribution in [0.5, 0.6) is 0 Å². The number of hydrogen-bond donors (Lipinski definition) is 3. The topological polar surface area (TPSA) is 167 Å². The number of nitrogens with zero attached hydrogens (tertiary/aromatic N) is 3. The maximum absolute atomic E-state index is 12.5. The number of rotatable bonds is 8. The standard InChI is InChI=1S/C12H13Cl2N5O7S2/c1-26-18-8(5-4-27-12(15-5)16-7(20)3-14)10(21)17-9-6(2-13)19(11(9)22)28(23,24)25/h4,6,9H,2-3H2,1H3,(H,17,21)(H,15,16,20)(H,23,24,25)/t6-,9+/m0/s1. The molecule has 12 nitrogen and oxygen atoms in total. The Labute approximate surface area is 172 Å². The second kappa shape index (κ2) is 9.00. The van der Waals surface area contributed by atoms with E-state index in [9.17, 15) is 22.8 Å². The third kappa shape index (κ3) is 4.70. The third-order valence-corrected chi connectivity index (χ3v) is 5.64.